The van der Waals surface area contributed by atoms with Gasteiger partial charge in [0.15, 0.2) is 11.6 Å². The lowest BCUT2D eigenvalue weighted by atomic mass is 10.3. The third kappa shape index (κ3) is 3.79. The van der Waals surface area contributed by atoms with Crippen molar-refractivity contribution in [1.82, 2.24) is 5.32 Å². The van der Waals surface area contributed by atoms with Crippen LogP contribution in [0.4, 0.5) is 14.5 Å². The van der Waals surface area contributed by atoms with Gasteiger partial charge in [-0.05, 0) is 31.3 Å². The number of halogens is 3. The van der Waals surface area contributed by atoms with E-state index in [1.54, 1.807) is 13.1 Å². The Balaban J connectivity index is 2.33. The molecule has 1 aromatic carbocycles. The Labute approximate surface area is 133 Å². The van der Waals surface area contributed by atoms with Gasteiger partial charge < -0.3 is 5.32 Å². The van der Waals surface area contributed by atoms with Gasteiger partial charge in [0.25, 0.3) is 10.0 Å². The molecule has 114 valence electrons. The number of hydrogen-bond donors (Lipinski definition) is 2. The SMILES string of the molecule is CNCc1ccc(S(=O)(=O)Nc2c(F)cc(Br)cc2F)s1. The van der Waals surface area contributed by atoms with Gasteiger partial charge in [0.05, 0.1) is 0 Å². The summed E-state index contributed by atoms with van der Waals surface area (Å²) in [5.41, 5.74) is -0.693. The summed E-state index contributed by atoms with van der Waals surface area (Å²) in [6, 6.07) is 5.02. The first kappa shape index (κ1) is 16.3. The zero-order valence-electron chi connectivity index (χ0n) is 10.8. The Bertz CT molecular complexity index is 739. The monoisotopic (exact) mass is 396 g/mol. The molecule has 2 rings (SSSR count). The molecule has 0 radical (unpaired) electrons. The highest BCUT2D eigenvalue weighted by molar-refractivity contribution is 9.10. The second-order valence-electron chi connectivity index (χ2n) is 4.10. The predicted octanol–water partition coefficient (Wildman–Crippen LogP) is 3.31. The minimum absolute atomic E-state index is 0.00512. The fraction of sp³-hybridized carbons (Fsp3) is 0.167. The molecule has 0 aliphatic heterocycles. The smallest absolute Gasteiger partial charge is 0.271 e. The minimum atomic E-state index is -4.02. The molecule has 2 N–H and O–H groups in total. The molecule has 0 aliphatic rings. The van der Waals surface area contributed by atoms with E-state index in [1.807, 2.05) is 4.72 Å². The molecule has 1 aromatic heterocycles. The van der Waals surface area contributed by atoms with Crippen molar-refractivity contribution in [3.63, 3.8) is 0 Å². The summed E-state index contributed by atoms with van der Waals surface area (Å²) in [7, 11) is -2.29. The van der Waals surface area contributed by atoms with Crippen LogP contribution in [0.1, 0.15) is 4.88 Å². The van der Waals surface area contributed by atoms with Gasteiger partial charge in [-0.25, -0.2) is 17.2 Å². The standard InChI is InChI=1S/C12H11BrF2N2O2S2/c1-16-6-8-2-3-11(20-8)21(18,19)17-12-9(14)4-7(13)5-10(12)15/h2-5,16-17H,6H2,1H3. The van der Waals surface area contributed by atoms with Crippen LogP contribution in [0.3, 0.4) is 0 Å². The Kier molecular flexibility index (Phi) is 4.97. The van der Waals surface area contributed by atoms with Gasteiger partial charge in [-0.1, -0.05) is 15.9 Å². The fourth-order valence-corrected chi connectivity index (χ4v) is 4.44. The molecule has 21 heavy (non-hydrogen) atoms. The van der Waals surface area contributed by atoms with Crippen molar-refractivity contribution in [1.29, 1.82) is 0 Å². The van der Waals surface area contributed by atoms with E-state index in [0.29, 0.717) is 6.54 Å². The van der Waals surface area contributed by atoms with Crippen molar-refractivity contribution in [2.75, 3.05) is 11.8 Å². The molecule has 1 heterocycles. The van der Waals surface area contributed by atoms with Crippen LogP contribution >= 0.6 is 27.3 Å². The highest BCUT2D eigenvalue weighted by Gasteiger charge is 2.21. The average molecular weight is 397 g/mol. The maximum absolute atomic E-state index is 13.7. The number of hydrogen-bond acceptors (Lipinski definition) is 4. The van der Waals surface area contributed by atoms with E-state index in [2.05, 4.69) is 21.2 Å². The molecule has 0 saturated carbocycles. The minimum Gasteiger partial charge on any atom is -0.315 e. The highest BCUT2D eigenvalue weighted by Crippen LogP contribution is 2.28. The van der Waals surface area contributed by atoms with Crippen LogP contribution in [0.15, 0.2) is 32.9 Å². The second-order valence-corrected chi connectivity index (χ2v) is 8.09. The zero-order valence-corrected chi connectivity index (χ0v) is 14.0. The Morgan fingerprint density at radius 2 is 1.86 bits per heavy atom. The fourth-order valence-electron chi connectivity index (χ4n) is 1.60. The average Bonchev–Trinajstić information content (AvgIpc) is 2.84. The van der Waals surface area contributed by atoms with E-state index >= 15 is 0 Å². The molecule has 0 saturated heterocycles. The van der Waals surface area contributed by atoms with Gasteiger partial charge in [-0.3, -0.25) is 4.72 Å². The van der Waals surface area contributed by atoms with Crippen LogP contribution in [0.5, 0.6) is 0 Å². The van der Waals surface area contributed by atoms with Crippen molar-refractivity contribution in [2.45, 2.75) is 10.8 Å². The summed E-state index contributed by atoms with van der Waals surface area (Å²) in [5, 5.41) is 2.89. The first-order valence-electron chi connectivity index (χ1n) is 5.74. The van der Waals surface area contributed by atoms with E-state index in [9.17, 15) is 17.2 Å². The highest BCUT2D eigenvalue weighted by atomic mass is 79.9. The summed E-state index contributed by atoms with van der Waals surface area (Å²) in [6.45, 7) is 0.515. The van der Waals surface area contributed by atoms with Crippen molar-refractivity contribution in [2.24, 2.45) is 0 Å². The maximum atomic E-state index is 13.7. The van der Waals surface area contributed by atoms with E-state index in [4.69, 9.17) is 0 Å². The largest absolute Gasteiger partial charge is 0.315 e. The van der Waals surface area contributed by atoms with E-state index < -0.39 is 27.3 Å². The van der Waals surface area contributed by atoms with Gasteiger partial charge in [-0.2, -0.15) is 0 Å². The normalized spacial score (nSPS) is 11.6. The summed E-state index contributed by atoms with van der Waals surface area (Å²) in [5.74, 6) is -1.98. The lowest BCUT2D eigenvalue weighted by Crippen LogP contribution is -2.14. The molecular weight excluding hydrogens is 386 g/mol. The molecule has 2 aromatic rings. The molecule has 4 nitrogen and oxygen atoms in total. The Hall–Kier alpha value is -1.03. The number of anilines is 1. The maximum Gasteiger partial charge on any atom is 0.271 e. The number of benzene rings is 1. The quantitative estimate of drug-likeness (QED) is 0.814. The predicted molar refractivity (Wildman–Crippen MR) is 81.9 cm³/mol. The van der Waals surface area contributed by atoms with Crippen LogP contribution in [-0.4, -0.2) is 15.5 Å². The van der Waals surface area contributed by atoms with Gasteiger partial charge in [0.1, 0.15) is 9.90 Å². The number of sulfonamides is 1. The molecule has 0 bridgehead atoms. The molecule has 9 heteroatoms. The lowest BCUT2D eigenvalue weighted by molar-refractivity contribution is 0.582. The number of rotatable bonds is 5. The summed E-state index contributed by atoms with van der Waals surface area (Å²) in [6.07, 6.45) is 0. The number of thiophene rings is 1. The summed E-state index contributed by atoms with van der Waals surface area (Å²) < 4.78 is 53.8. The molecule has 0 fully saturated rings. The van der Waals surface area contributed by atoms with E-state index in [0.717, 1.165) is 28.3 Å². The lowest BCUT2D eigenvalue weighted by Gasteiger charge is -2.09. The van der Waals surface area contributed by atoms with Gasteiger partial charge in [-0.15, -0.1) is 11.3 Å². The van der Waals surface area contributed by atoms with E-state index in [1.165, 1.54) is 6.07 Å². The topological polar surface area (TPSA) is 58.2 Å². The van der Waals surface area contributed by atoms with E-state index in [-0.39, 0.29) is 8.68 Å². The third-order valence-corrected chi connectivity index (χ3v) is 5.88. The summed E-state index contributed by atoms with van der Waals surface area (Å²) in [4.78, 5) is 0.801. The molecule has 0 atom stereocenters. The first-order chi connectivity index (χ1) is 9.83. The molecular formula is C12H11BrF2N2O2S2. The van der Waals surface area contributed by atoms with Crippen LogP contribution in [-0.2, 0) is 16.6 Å². The van der Waals surface area contributed by atoms with Crippen LogP contribution in [0.2, 0.25) is 0 Å². The van der Waals surface area contributed by atoms with Crippen LogP contribution in [0, 0.1) is 11.6 Å². The Morgan fingerprint density at radius 1 is 1.24 bits per heavy atom. The van der Waals surface area contributed by atoms with Crippen molar-refractivity contribution < 1.29 is 17.2 Å². The molecule has 0 spiro atoms. The van der Waals surface area contributed by atoms with Crippen molar-refractivity contribution >= 4 is 43.0 Å². The van der Waals surface area contributed by atoms with Crippen molar-refractivity contribution in [3.05, 3.63) is 45.2 Å². The molecule has 0 unspecified atom stereocenters. The van der Waals surface area contributed by atoms with Crippen molar-refractivity contribution in [3.8, 4) is 0 Å². The van der Waals surface area contributed by atoms with Gasteiger partial charge >= 0.3 is 0 Å². The van der Waals surface area contributed by atoms with Gasteiger partial charge in [0, 0.05) is 15.9 Å². The first-order valence-corrected chi connectivity index (χ1v) is 8.83. The summed E-state index contributed by atoms with van der Waals surface area (Å²) >= 11 is 3.96. The second kappa shape index (κ2) is 6.39. The number of nitrogens with one attached hydrogen (secondary N) is 2. The van der Waals surface area contributed by atoms with Crippen LogP contribution in [0.25, 0.3) is 0 Å². The molecule has 0 aliphatic carbocycles. The van der Waals surface area contributed by atoms with Gasteiger partial charge in [0.2, 0.25) is 0 Å². The molecule has 0 amide bonds. The zero-order chi connectivity index (χ0) is 15.6. The van der Waals surface area contributed by atoms with Crippen LogP contribution < -0.4 is 10.0 Å². The third-order valence-electron chi connectivity index (χ3n) is 2.50. The Morgan fingerprint density at radius 3 is 2.43 bits per heavy atom.